The summed E-state index contributed by atoms with van der Waals surface area (Å²) in [5.74, 6) is 0. The Hall–Kier alpha value is -2.01. The minimum atomic E-state index is -0.750. The van der Waals surface area contributed by atoms with Gasteiger partial charge >= 0.3 is 21.7 Å². The molecule has 0 aliphatic rings. The molecule has 0 amide bonds. The van der Waals surface area contributed by atoms with Crippen molar-refractivity contribution in [2.45, 2.75) is 106 Å². The zero-order valence-corrected chi connectivity index (χ0v) is 28.5. The second kappa shape index (κ2) is 25.9. The Balaban J connectivity index is -0.000000244. The van der Waals surface area contributed by atoms with E-state index in [1.165, 1.54) is 11.1 Å². The molecule has 0 saturated carbocycles. The number of benzene rings is 2. The van der Waals surface area contributed by atoms with Gasteiger partial charge < -0.3 is 15.3 Å². The summed E-state index contributed by atoms with van der Waals surface area (Å²) < 4.78 is 0. The summed E-state index contributed by atoms with van der Waals surface area (Å²) >= 11 is 0. The number of rotatable bonds is 6. The fraction of sp³-hybridized carbons (Fsp3) is 0.444. The summed E-state index contributed by atoms with van der Waals surface area (Å²) in [5.41, 5.74) is 1.57. The first-order valence-electron chi connectivity index (χ1n) is 13.4. The molecule has 2 rings (SSSR count). The summed E-state index contributed by atoms with van der Waals surface area (Å²) in [6.45, 7) is 23.7. The van der Waals surface area contributed by atoms with E-state index in [-0.39, 0.29) is 21.7 Å². The van der Waals surface area contributed by atoms with E-state index in [0.29, 0.717) is 0 Å². The molecule has 0 aromatic heterocycles. The maximum Gasteiger partial charge on any atom is 4.00 e. The molecular formula is C36H54O3Ti. The molecule has 4 heteroatoms. The molecule has 40 heavy (non-hydrogen) atoms. The first kappa shape index (κ1) is 45.0. The standard InChI is InChI=1S/C18H18.C6H9.3C4H9O.Ti/c1(5-11-17-13-7-3-8-14-17)2-6-12-18-15-9-4-10-16-18;1-4-6(3)5-2;3*1-4(2,3)5;/h1-10,13-16H,11-12H2;1,4-5H,2-3H3;3*1-3H3;/q;4*-1;+4. The summed E-state index contributed by atoms with van der Waals surface area (Å²) in [5, 5.41) is 30.3. The maximum absolute atomic E-state index is 10.1. The summed E-state index contributed by atoms with van der Waals surface area (Å²) in [4.78, 5) is 0. The molecule has 3 nitrogen and oxygen atoms in total. The van der Waals surface area contributed by atoms with Gasteiger partial charge in [0.1, 0.15) is 0 Å². The fourth-order valence-electron chi connectivity index (χ4n) is 1.89. The van der Waals surface area contributed by atoms with E-state index >= 15 is 0 Å². The monoisotopic (exact) mass is 582 g/mol. The molecule has 2 aromatic carbocycles. The van der Waals surface area contributed by atoms with Gasteiger partial charge in [0.25, 0.3) is 0 Å². The zero-order chi connectivity index (χ0) is 31.0. The average molecular weight is 583 g/mol. The van der Waals surface area contributed by atoms with E-state index < -0.39 is 16.8 Å². The van der Waals surface area contributed by atoms with Gasteiger partial charge in [-0.3, -0.25) is 6.58 Å². The molecular weight excluding hydrogens is 528 g/mol. The zero-order valence-electron chi connectivity index (χ0n) is 27.0. The number of hydrogen-bond acceptors (Lipinski definition) is 3. The van der Waals surface area contributed by atoms with Crippen LogP contribution in [0, 0.1) is 6.58 Å². The Morgan fingerprint density at radius 2 is 0.875 bits per heavy atom. The average Bonchev–Trinajstić information content (AvgIpc) is 2.79. The van der Waals surface area contributed by atoms with Crippen LogP contribution in [0.25, 0.3) is 0 Å². The molecule has 2 aromatic rings. The molecule has 0 aliphatic heterocycles. The van der Waals surface area contributed by atoms with Crippen molar-refractivity contribution in [3.05, 3.63) is 120 Å². The first-order chi connectivity index (χ1) is 17.8. The first-order valence-corrected chi connectivity index (χ1v) is 13.4. The smallest absolute Gasteiger partial charge is 0.850 e. The second-order valence-corrected chi connectivity index (χ2v) is 11.8. The molecule has 220 valence electrons. The van der Waals surface area contributed by atoms with Crippen molar-refractivity contribution in [2.75, 3.05) is 0 Å². The van der Waals surface area contributed by atoms with Crippen LogP contribution in [0.5, 0.6) is 0 Å². The topological polar surface area (TPSA) is 69.2 Å². The minimum absolute atomic E-state index is 0. The van der Waals surface area contributed by atoms with Crippen LogP contribution in [-0.2, 0) is 34.6 Å². The molecule has 0 saturated heterocycles. The molecule has 0 aliphatic carbocycles. The SMILES string of the molecule is C(C=CCc1ccccc1)=CCc1ccccc1.CC(C)(C)[O-].CC(C)(C)[O-].CC(C)(C)[O-].[CH-]=CC(C)=CC.[Ti+4]. The number of hydrogen-bond donors (Lipinski definition) is 0. The molecule has 0 fully saturated rings. The predicted molar refractivity (Wildman–Crippen MR) is 166 cm³/mol. The van der Waals surface area contributed by atoms with Crippen LogP contribution >= 0.6 is 0 Å². The predicted octanol–water partition coefficient (Wildman–Crippen LogP) is 6.96. The van der Waals surface area contributed by atoms with Gasteiger partial charge in [-0.1, -0.05) is 154 Å². The van der Waals surface area contributed by atoms with Crippen molar-refractivity contribution in [2.24, 2.45) is 0 Å². The molecule has 0 atom stereocenters. The van der Waals surface area contributed by atoms with Gasteiger partial charge in [-0.25, -0.2) is 11.6 Å². The molecule has 0 heterocycles. The van der Waals surface area contributed by atoms with Crippen LogP contribution in [0.3, 0.4) is 0 Å². The van der Waals surface area contributed by atoms with Crippen LogP contribution in [0.4, 0.5) is 0 Å². The van der Waals surface area contributed by atoms with Crippen molar-refractivity contribution in [1.82, 2.24) is 0 Å². The Kier molecular flexibility index (Phi) is 29.2. The van der Waals surface area contributed by atoms with Crippen LogP contribution < -0.4 is 15.3 Å². The molecule has 0 N–H and O–H groups in total. The van der Waals surface area contributed by atoms with Gasteiger partial charge in [0, 0.05) is 0 Å². The van der Waals surface area contributed by atoms with Crippen molar-refractivity contribution >= 4 is 0 Å². The van der Waals surface area contributed by atoms with E-state index in [4.69, 9.17) is 6.58 Å². The normalized spacial score (nSPS) is 11.3. The Morgan fingerprint density at radius 3 is 1.05 bits per heavy atom. The molecule has 0 unspecified atom stereocenters. The maximum atomic E-state index is 10.1. The van der Waals surface area contributed by atoms with Gasteiger partial charge in [0.2, 0.25) is 0 Å². The summed E-state index contributed by atoms with van der Waals surface area (Å²) in [7, 11) is 0. The van der Waals surface area contributed by atoms with Gasteiger partial charge in [-0.15, -0.1) is 23.7 Å². The van der Waals surface area contributed by atoms with Gasteiger partial charge in [0.05, 0.1) is 0 Å². The Morgan fingerprint density at radius 1 is 0.625 bits per heavy atom. The van der Waals surface area contributed by atoms with Crippen molar-refractivity contribution in [1.29, 1.82) is 0 Å². The third-order valence-corrected chi connectivity index (χ3v) is 3.49. The summed E-state index contributed by atoms with van der Waals surface area (Å²) in [6, 6.07) is 21.0. The van der Waals surface area contributed by atoms with E-state index in [1.54, 1.807) is 68.4 Å². The molecule has 0 spiro atoms. The van der Waals surface area contributed by atoms with Gasteiger partial charge in [-0.05, 0) is 24.0 Å². The minimum Gasteiger partial charge on any atom is -0.850 e. The van der Waals surface area contributed by atoms with Crippen LogP contribution in [0.15, 0.2) is 103 Å². The van der Waals surface area contributed by atoms with Crippen LogP contribution in [0.1, 0.15) is 87.3 Å². The second-order valence-electron chi connectivity index (χ2n) is 11.8. The quantitative estimate of drug-likeness (QED) is 0.210. The van der Waals surface area contributed by atoms with E-state index in [2.05, 4.69) is 72.8 Å². The van der Waals surface area contributed by atoms with Gasteiger partial charge in [0.15, 0.2) is 0 Å². The largest absolute Gasteiger partial charge is 4.00 e. The van der Waals surface area contributed by atoms with E-state index in [0.717, 1.165) is 18.4 Å². The Labute approximate surface area is 262 Å². The van der Waals surface area contributed by atoms with Crippen LogP contribution in [0.2, 0.25) is 0 Å². The van der Waals surface area contributed by atoms with Crippen molar-refractivity contribution in [3.63, 3.8) is 0 Å². The third kappa shape index (κ3) is 60.5. The summed E-state index contributed by atoms with van der Waals surface area (Å²) in [6.07, 6.45) is 14.2. The fourth-order valence-corrected chi connectivity index (χ4v) is 1.89. The molecule has 0 radical (unpaired) electrons. The van der Waals surface area contributed by atoms with Crippen molar-refractivity contribution < 1.29 is 37.0 Å². The number of allylic oxidation sites excluding steroid dienone is 7. The molecule has 0 bridgehead atoms. The third-order valence-electron chi connectivity index (χ3n) is 3.49. The van der Waals surface area contributed by atoms with Crippen LogP contribution in [-0.4, -0.2) is 16.8 Å². The van der Waals surface area contributed by atoms with E-state index in [9.17, 15) is 15.3 Å². The van der Waals surface area contributed by atoms with Crippen molar-refractivity contribution in [3.8, 4) is 0 Å². The Bertz CT molecular complexity index is 812. The van der Waals surface area contributed by atoms with Gasteiger partial charge in [-0.2, -0.15) is 6.08 Å². The van der Waals surface area contributed by atoms with E-state index in [1.807, 2.05) is 32.1 Å².